The maximum atomic E-state index is 13.1. The van der Waals surface area contributed by atoms with Gasteiger partial charge in [0.25, 0.3) is 5.56 Å². The van der Waals surface area contributed by atoms with E-state index in [4.69, 9.17) is 14.2 Å². The first-order valence-electron chi connectivity index (χ1n) is 11.8. The number of methoxy groups -OCH3 is 2. The average molecular weight is 492 g/mol. The lowest BCUT2D eigenvalue weighted by Gasteiger charge is -2.20. The van der Waals surface area contributed by atoms with Gasteiger partial charge in [-0.2, -0.15) is 0 Å². The van der Waals surface area contributed by atoms with Crippen LogP contribution in [-0.4, -0.2) is 60.2 Å². The zero-order chi connectivity index (χ0) is 25.5. The Morgan fingerprint density at radius 1 is 1.00 bits per heavy atom. The monoisotopic (exact) mass is 491 g/mol. The van der Waals surface area contributed by atoms with Crippen molar-refractivity contribution in [1.82, 2.24) is 14.5 Å². The molecule has 0 saturated carbocycles. The van der Waals surface area contributed by atoms with Crippen molar-refractivity contribution in [2.75, 3.05) is 33.9 Å². The van der Waals surface area contributed by atoms with Crippen LogP contribution in [0.2, 0.25) is 0 Å². The molecule has 0 N–H and O–H groups in total. The smallest absolute Gasteiger partial charge is 0.343 e. The van der Waals surface area contributed by atoms with Crippen LogP contribution in [-0.2, 0) is 35.3 Å². The summed E-state index contributed by atoms with van der Waals surface area (Å²) in [6.07, 6.45) is 2.71. The van der Waals surface area contributed by atoms with Gasteiger partial charge in [0.05, 0.1) is 27.2 Å². The molecule has 0 spiro atoms. The quantitative estimate of drug-likeness (QED) is 0.446. The minimum Gasteiger partial charge on any atom is -0.496 e. The van der Waals surface area contributed by atoms with Crippen LogP contribution in [0.1, 0.15) is 27.3 Å². The first kappa shape index (κ1) is 25.0. The first-order chi connectivity index (χ1) is 17.5. The summed E-state index contributed by atoms with van der Waals surface area (Å²) in [6.45, 7) is 1.22. The number of hydrogen-bond acceptors (Lipinski definition) is 7. The lowest BCUT2D eigenvalue weighted by molar-refractivity contribution is -0.130. The highest BCUT2D eigenvalue weighted by Crippen LogP contribution is 2.25. The van der Waals surface area contributed by atoms with Gasteiger partial charge in [0.15, 0.2) is 0 Å². The Kier molecular flexibility index (Phi) is 7.99. The Hall–Kier alpha value is -4.14. The second-order valence-electron chi connectivity index (χ2n) is 8.35. The number of fused-ring (bicyclic) bond motifs is 1. The Bertz CT molecular complexity index is 1290. The molecule has 3 aromatic rings. The van der Waals surface area contributed by atoms with Crippen molar-refractivity contribution in [3.05, 3.63) is 87.6 Å². The van der Waals surface area contributed by atoms with E-state index < -0.39 is 5.97 Å². The summed E-state index contributed by atoms with van der Waals surface area (Å²) in [6, 6.07) is 14.3. The summed E-state index contributed by atoms with van der Waals surface area (Å²) in [5.74, 6) is 0.177. The van der Waals surface area contributed by atoms with Gasteiger partial charge < -0.3 is 23.7 Å². The number of rotatable bonds is 8. The van der Waals surface area contributed by atoms with Crippen molar-refractivity contribution < 1.29 is 23.8 Å². The number of amides is 1. The summed E-state index contributed by atoms with van der Waals surface area (Å²) in [5, 5.41) is 0. The van der Waals surface area contributed by atoms with Gasteiger partial charge in [0, 0.05) is 61.7 Å². The molecule has 1 aliphatic rings. The van der Waals surface area contributed by atoms with Gasteiger partial charge in [-0.05, 0) is 18.2 Å². The molecule has 0 saturated heterocycles. The fourth-order valence-corrected chi connectivity index (χ4v) is 4.37. The molecule has 0 bridgehead atoms. The molecule has 0 aliphatic carbocycles. The van der Waals surface area contributed by atoms with Gasteiger partial charge in [-0.1, -0.05) is 24.3 Å². The summed E-state index contributed by atoms with van der Waals surface area (Å²) < 4.78 is 17.8. The molecule has 0 radical (unpaired) electrons. The molecule has 4 rings (SSSR count). The number of esters is 1. The molecule has 0 unspecified atom stereocenters. The fourth-order valence-electron chi connectivity index (χ4n) is 4.37. The van der Waals surface area contributed by atoms with Crippen molar-refractivity contribution >= 4 is 11.9 Å². The topological polar surface area (TPSA) is 100.0 Å². The molecule has 9 heteroatoms. The molecule has 2 aromatic heterocycles. The Labute approximate surface area is 209 Å². The predicted molar refractivity (Wildman–Crippen MR) is 132 cm³/mol. The summed E-state index contributed by atoms with van der Waals surface area (Å²) in [7, 11) is 2.87. The number of carbonyl (C=O) groups excluding carboxylic acids is 2. The molecule has 3 heterocycles. The van der Waals surface area contributed by atoms with Gasteiger partial charge in [-0.25, -0.2) is 4.79 Å². The third-order valence-electron chi connectivity index (χ3n) is 6.21. The molecule has 1 aromatic carbocycles. The van der Waals surface area contributed by atoms with Crippen molar-refractivity contribution in [2.24, 2.45) is 0 Å². The van der Waals surface area contributed by atoms with Crippen LogP contribution >= 0.6 is 0 Å². The molecule has 1 amide bonds. The van der Waals surface area contributed by atoms with Crippen LogP contribution in [0.5, 0.6) is 11.5 Å². The largest absolute Gasteiger partial charge is 0.496 e. The number of carbonyl (C=O) groups is 2. The number of pyridine rings is 2. The highest BCUT2D eigenvalue weighted by molar-refractivity contribution is 5.93. The van der Waals surface area contributed by atoms with E-state index in [-0.39, 0.29) is 42.4 Å². The third-order valence-corrected chi connectivity index (χ3v) is 6.21. The average Bonchev–Trinajstić information content (AvgIpc) is 3.13. The number of aromatic nitrogens is 2. The van der Waals surface area contributed by atoms with Gasteiger partial charge in [-0.3, -0.25) is 14.6 Å². The van der Waals surface area contributed by atoms with Crippen LogP contribution in [0.4, 0.5) is 0 Å². The van der Waals surface area contributed by atoms with E-state index in [0.29, 0.717) is 37.4 Å². The molecule has 36 heavy (non-hydrogen) atoms. The Morgan fingerprint density at radius 3 is 2.56 bits per heavy atom. The maximum Gasteiger partial charge on any atom is 0.343 e. The van der Waals surface area contributed by atoms with Crippen molar-refractivity contribution in [1.29, 1.82) is 0 Å². The Balaban J connectivity index is 1.54. The Morgan fingerprint density at radius 2 is 1.81 bits per heavy atom. The summed E-state index contributed by atoms with van der Waals surface area (Å²) in [5.41, 5.74) is 2.08. The second-order valence-corrected chi connectivity index (χ2v) is 8.35. The first-order valence-corrected chi connectivity index (χ1v) is 11.8. The van der Waals surface area contributed by atoms with Gasteiger partial charge in [0.2, 0.25) is 5.91 Å². The zero-order valence-corrected chi connectivity index (χ0v) is 20.4. The minimum absolute atomic E-state index is 0.0770. The number of benzene rings is 1. The van der Waals surface area contributed by atoms with Gasteiger partial charge in [-0.15, -0.1) is 0 Å². The van der Waals surface area contributed by atoms with E-state index >= 15 is 0 Å². The lowest BCUT2D eigenvalue weighted by Crippen LogP contribution is -2.35. The molecule has 9 nitrogen and oxygen atoms in total. The molecule has 1 aliphatic heterocycles. The van der Waals surface area contributed by atoms with Crippen LogP contribution in [0.3, 0.4) is 0 Å². The lowest BCUT2D eigenvalue weighted by atomic mass is 10.1. The molecule has 0 fully saturated rings. The highest BCUT2D eigenvalue weighted by atomic mass is 16.5. The SMILES string of the molecule is COC(=O)c1c(OCCc2ccccn2)cc(=O)n2c1CCN(C(=O)Cc1ccccc1OC)CC2. The van der Waals surface area contributed by atoms with Crippen molar-refractivity contribution in [3.8, 4) is 11.5 Å². The van der Waals surface area contributed by atoms with E-state index in [1.165, 1.54) is 17.7 Å². The van der Waals surface area contributed by atoms with Crippen molar-refractivity contribution in [3.63, 3.8) is 0 Å². The number of nitrogens with zero attached hydrogens (tertiary/aromatic N) is 3. The number of hydrogen-bond donors (Lipinski definition) is 0. The minimum atomic E-state index is -0.583. The normalized spacial score (nSPS) is 12.9. The standard InChI is InChI=1S/C27H29N3O6/c1-34-22-9-4-3-7-19(22)17-24(31)29-13-10-21-26(27(33)35-2)23(18-25(32)30(21)15-14-29)36-16-11-20-8-5-6-12-28-20/h3-9,12,18H,10-11,13-17H2,1-2H3. The maximum absolute atomic E-state index is 13.1. The third kappa shape index (κ3) is 5.56. The van der Waals surface area contributed by atoms with E-state index in [0.717, 1.165) is 11.3 Å². The van der Waals surface area contributed by atoms with Gasteiger partial charge >= 0.3 is 5.97 Å². The van der Waals surface area contributed by atoms with Crippen LogP contribution in [0, 0.1) is 0 Å². The van der Waals surface area contributed by atoms with Crippen LogP contribution < -0.4 is 15.0 Å². The van der Waals surface area contributed by atoms with E-state index in [2.05, 4.69) is 4.98 Å². The second kappa shape index (κ2) is 11.5. The predicted octanol–water partition coefficient (Wildman–Crippen LogP) is 2.29. The summed E-state index contributed by atoms with van der Waals surface area (Å²) >= 11 is 0. The van der Waals surface area contributed by atoms with Crippen molar-refractivity contribution in [2.45, 2.75) is 25.8 Å². The molecular weight excluding hydrogens is 462 g/mol. The van der Waals surface area contributed by atoms with Gasteiger partial charge in [0.1, 0.15) is 17.1 Å². The van der Waals surface area contributed by atoms with E-state index in [9.17, 15) is 14.4 Å². The summed E-state index contributed by atoms with van der Waals surface area (Å²) in [4.78, 5) is 44.8. The molecule has 0 atom stereocenters. The van der Waals surface area contributed by atoms with Crippen LogP contribution in [0.25, 0.3) is 0 Å². The number of para-hydroxylation sites is 1. The fraction of sp³-hybridized carbons (Fsp3) is 0.333. The molecule has 188 valence electrons. The van der Waals surface area contributed by atoms with E-state index in [1.807, 2.05) is 42.5 Å². The van der Waals surface area contributed by atoms with Crippen LogP contribution in [0.15, 0.2) is 59.5 Å². The van der Waals surface area contributed by atoms with E-state index in [1.54, 1.807) is 18.2 Å². The zero-order valence-electron chi connectivity index (χ0n) is 20.4. The number of ether oxygens (including phenoxy) is 3. The highest BCUT2D eigenvalue weighted by Gasteiger charge is 2.27. The molecular formula is C27H29N3O6.